The number of fused-ring (bicyclic) bond motifs is 1. The van der Waals surface area contributed by atoms with Gasteiger partial charge in [-0.05, 0) is 56.1 Å². The highest BCUT2D eigenvalue weighted by molar-refractivity contribution is 5.99. The van der Waals surface area contributed by atoms with Gasteiger partial charge in [-0.1, -0.05) is 93.6 Å². The van der Waals surface area contributed by atoms with Gasteiger partial charge >= 0.3 is 0 Å². The Hall–Kier alpha value is -3.37. The minimum atomic E-state index is 0.109. The number of nitrogens with zero attached hydrogens (tertiary/aromatic N) is 1. The Balaban J connectivity index is 1.77. The molecule has 0 unspecified atom stereocenters. The van der Waals surface area contributed by atoms with Crippen molar-refractivity contribution in [3.8, 4) is 28.3 Å². The lowest BCUT2D eigenvalue weighted by molar-refractivity contribution is 0.596. The lowest BCUT2D eigenvalue weighted by Gasteiger charge is -2.22. The molecule has 4 aromatic rings. The number of nitriles is 1. The van der Waals surface area contributed by atoms with E-state index in [1.807, 2.05) is 24.3 Å². The van der Waals surface area contributed by atoms with E-state index in [2.05, 4.69) is 87.5 Å². The van der Waals surface area contributed by atoms with Crippen molar-refractivity contribution >= 4 is 10.8 Å². The molecule has 0 aliphatic carbocycles. The van der Waals surface area contributed by atoms with Crippen molar-refractivity contribution in [3.05, 3.63) is 96.1 Å². The van der Waals surface area contributed by atoms with E-state index in [4.69, 9.17) is 5.26 Å². The van der Waals surface area contributed by atoms with Crippen LogP contribution in [0.1, 0.15) is 31.9 Å². The van der Waals surface area contributed by atoms with Gasteiger partial charge in [-0.3, -0.25) is 0 Å². The van der Waals surface area contributed by atoms with Crippen molar-refractivity contribution in [3.63, 3.8) is 0 Å². The summed E-state index contributed by atoms with van der Waals surface area (Å²) in [5.74, 6) is 0. The van der Waals surface area contributed by atoms with Crippen LogP contribution in [0.25, 0.3) is 33.0 Å². The molecule has 0 atom stereocenters. The number of benzene rings is 4. The molecular formula is C27H23N. The maximum atomic E-state index is 8.97. The molecule has 1 nitrogen and oxygen atoms in total. The van der Waals surface area contributed by atoms with Crippen molar-refractivity contribution in [1.82, 2.24) is 0 Å². The van der Waals surface area contributed by atoms with E-state index in [1.54, 1.807) is 0 Å². The van der Waals surface area contributed by atoms with Gasteiger partial charge in [-0.2, -0.15) is 5.26 Å². The van der Waals surface area contributed by atoms with Gasteiger partial charge in [-0.15, -0.1) is 0 Å². The Labute approximate surface area is 166 Å². The van der Waals surface area contributed by atoms with Crippen LogP contribution in [0.15, 0.2) is 84.9 Å². The van der Waals surface area contributed by atoms with Crippen molar-refractivity contribution in [2.24, 2.45) is 0 Å². The van der Waals surface area contributed by atoms with Gasteiger partial charge in [0.1, 0.15) is 0 Å². The van der Waals surface area contributed by atoms with Crippen molar-refractivity contribution in [2.45, 2.75) is 26.2 Å². The minimum Gasteiger partial charge on any atom is -0.192 e. The van der Waals surface area contributed by atoms with Crippen LogP contribution in [0, 0.1) is 11.3 Å². The maximum absolute atomic E-state index is 8.97. The predicted molar refractivity (Wildman–Crippen MR) is 118 cm³/mol. The van der Waals surface area contributed by atoms with Crippen molar-refractivity contribution < 1.29 is 0 Å². The Kier molecular flexibility index (Phi) is 4.49. The summed E-state index contributed by atoms with van der Waals surface area (Å²) in [7, 11) is 0. The lowest BCUT2D eigenvalue weighted by atomic mass is 9.82. The van der Waals surface area contributed by atoms with E-state index in [-0.39, 0.29) is 5.41 Å². The molecule has 4 rings (SSSR count). The van der Waals surface area contributed by atoms with Gasteiger partial charge in [0.25, 0.3) is 0 Å². The zero-order valence-electron chi connectivity index (χ0n) is 16.5. The first-order valence-electron chi connectivity index (χ1n) is 9.60. The molecule has 4 aromatic carbocycles. The third kappa shape index (κ3) is 3.30. The first kappa shape index (κ1) is 18.0. The zero-order chi connectivity index (χ0) is 19.7. The zero-order valence-corrected chi connectivity index (χ0v) is 16.5. The average molecular weight is 361 g/mol. The molecule has 0 radical (unpaired) electrons. The second-order valence-corrected chi connectivity index (χ2v) is 8.22. The molecule has 0 saturated heterocycles. The molecule has 0 aliphatic heterocycles. The molecule has 0 bridgehead atoms. The van der Waals surface area contributed by atoms with Crippen LogP contribution in [0.4, 0.5) is 0 Å². The molecule has 0 N–H and O–H groups in total. The minimum absolute atomic E-state index is 0.109. The highest BCUT2D eigenvalue weighted by atomic mass is 14.2. The quantitative estimate of drug-likeness (QED) is 0.366. The van der Waals surface area contributed by atoms with Crippen LogP contribution in [-0.2, 0) is 5.41 Å². The molecular weight excluding hydrogens is 338 g/mol. The molecule has 136 valence electrons. The van der Waals surface area contributed by atoms with Crippen molar-refractivity contribution in [1.29, 1.82) is 5.26 Å². The van der Waals surface area contributed by atoms with E-state index in [9.17, 15) is 0 Å². The lowest BCUT2D eigenvalue weighted by Crippen LogP contribution is -2.11. The summed E-state index contributed by atoms with van der Waals surface area (Å²) in [5.41, 5.74) is 6.93. The predicted octanol–water partition coefficient (Wildman–Crippen LogP) is 7.34. The maximum Gasteiger partial charge on any atom is 0.0991 e. The highest BCUT2D eigenvalue weighted by Crippen LogP contribution is 2.36. The SMILES string of the molecule is CC(C)(C)c1ccc(-c2ccc(-c3ccc(C#N)cc3)cc2)c2ccccc12. The molecule has 0 spiro atoms. The van der Waals surface area contributed by atoms with Crippen LogP contribution in [0.2, 0.25) is 0 Å². The number of hydrogen-bond acceptors (Lipinski definition) is 1. The topological polar surface area (TPSA) is 23.8 Å². The van der Waals surface area contributed by atoms with Gasteiger partial charge in [0.05, 0.1) is 11.6 Å². The molecule has 0 aromatic heterocycles. The number of hydrogen-bond donors (Lipinski definition) is 0. The summed E-state index contributed by atoms with van der Waals surface area (Å²) < 4.78 is 0. The highest BCUT2D eigenvalue weighted by Gasteiger charge is 2.18. The summed E-state index contributed by atoms with van der Waals surface area (Å²) in [6.45, 7) is 6.79. The summed E-state index contributed by atoms with van der Waals surface area (Å²) in [5, 5.41) is 11.6. The number of rotatable bonds is 2. The Morgan fingerprint density at radius 3 is 1.71 bits per heavy atom. The first-order chi connectivity index (χ1) is 13.5. The van der Waals surface area contributed by atoms with E-state index >= 15 is 0 Å². The fraction of sp³-hybridized carbons (Fsp3) is 0.148. The fourth-order valence-corrected chi connectivity index (χ4v) is 3.78. The van der Waals surface area contributed by atoms with Crippen LogP contribution in [0.3, 0.4) is 0 Å². The second-order valence-electron chi connectivity index (χ2n) is 8.22. The summed E-state index contributed by atoms with van der Waals surface area (Å²) in [4.78, 5) is 0. The molecule has 0 saturated carbocycles. The average Bonchev–Trinajstić information content (AvgIpc) is 2.72. The summed E-state index contributed by atoms with van der Waals surface area (Å²) in [6, 6.07) is 31.8. The van der Waals surface area contributed by atoms with Crippen LogP contribution < -0.4 is 0 Å². The third-order valence-corrected chi connectivity index (χ3v) is 5.28. The molecule has 0 heterocycles. The molecule has 0 amide bonds. The van der Waals surface area contributed by atoms with Crippen LogP contribution >= 0.6 is 0 Å². The van der Waals surface area contributed by atoms with E-state index in [0.29, 0.717) is 5.56 Å². The molecule has 0 aliphatic rings. The smallest absolute Gasteiger partial charge is 0.0991 e. The molecule has 0 fully saturated rings. The summed E-state index contributed by atoms with van der Waals surface area (Å²) in [6.07, 6.45) is 0. The van der Waals surface area contributed by atoms with Crippen molar-refractivity contribution in [2.75, 3.05) is 0 Å². The van der Waals surface area contributed by atoms with E-state index in [0.717, 1.165) is 11.1 Å². The normalized spacial score (nSPS) is 11.4. The van der Waals surface area contributed by atoms with E-state index < -0.39 is 0 Å². The second kappa shape index (κ2) is 6.98. The standard InChI is InChI=1S/C27H23N/c1-27(2,3)26-17-16-23(24-6-4-5-7-25(24)26)22-14-12-21(13-15-22)20-10-8-19(18-28)9-11-20/h4-17H,1-3H3. The summed E-state index contributed by atoms with van der Waals surface area (Å²) >= 11 is 0. The monoisotopic (exact) mass is 361 g/mol. The molecule has 1 heteroatoms. The molecule has 28 heavy (non-hydrogen) atoms. The first-order valence-corrected chi connectivity index (χ1v) is 9.60. The van der Waals surface area contributed by atoms with Crippen LogP contribution in [0.5, 0.6) is 0 Å². The van der Waals surface area contributed by atoms with Gasteiger partial charge in [0.15, 0.2) is 0 Å². The van der Waals surface area contributed by atoms with E-state index in [1.165, 1.54) is 27.5 Å². The Bertz CT molecular complexity index is 1170. The van der Waals surface area contributed by atoms with Gasteiger partial charge in [0, 0.05) is 0 Å². The largest absolute Gasteiger partial charge is 0.192 e. The van der Waals surface area contributed by atoms with Crippen LogP contribution in [-0.4, -0.2) is 0 Å². The third-order valence-electron chi connectivity index (χ3n) is 5.28. The van der Waals surface area contributed by atoms with Gasteiger partial charge < -0.3 is 0 Å². The fourth-order valence-electron chi connectivity index (χ4n) is 3.78. The Morgan fingerprint density at radius 2 is 1.14 bits per heavy atom. The van der Waals surface area contributed by atoms with Gasteiger partial charge in [-0.25, -0.2) is 0 Å². The van der Waals surface area contributed by atoms with Gasteiger partial charge in [0.2, 0.25) is 0 Å². The Morgan fingerprint density at radius 1 is 0.607 bits per heavy atom.